The number of rotatable bonds is 2. The van der Waals surface area contributed by atoms with Gasteiger partial charge in [-0.3, -0.25) is 0 Å². The Balaban J connectivity index is 1.97. The van der Waals surface area contributed by atoms with Crippen LogP contribution in [0, 0.1) is 5.92 Å². The van der Waals surface area contributed by atoms with Gasteiger partial charge >= 0.3 is 0 Å². The summed E-state index contributed by atoms with van der Waals surface area (Å²) in [6.45, 7) is 2.29. The third kappa shape index (κ3) is 2.52. The van der Waals surface area contributed by atoms with Crippen molar-refractivity contribution in [1.82, 2.24) is 0 Å². The van der Waals surface area contributed by atoms with E-state index in [2.05, 4.69) is 29.5 Å². The quantitative estimate of drug-likeness (QED) is 0.485. The standard InChI is InChI=1S/C6H11I/c1-5(7)4-6-2-3-6/h5-6H,2-4H2,1H3/t5-/m1/s1. The van der Waals surface area contributed by atoms with E-state index in [1.54, 1.807) is 0 Å². The second-order valence-electron chi connectivity index (χ2n) is 2.46. The van der Waals surface area contributed by atoms with E-state index in [-0.39, 0.29) is 0 Å². The summed E-state index contributed by atoms with van der Waals surface area (Å²) in [4.78, 5) is 0. The zero-order valence-electron chi connectivity index (χ0n) is 4.65. The molecule has 0 N–H and O–H groups in total. The molecule has 0 aromatic carbocycles. The molecule has 0 nitrogen and oxygen atoms in total. The molecule has 1 fully saturated rings. The summed E-state index contributed by atoms with van der Waals surface area (Å²) in [5.74, 6) is 1.12. The fraction of sp³-hybridized carbons (Fsp3) is 1.00. The van der Waals surface area contributed by atoms with Crippen LogP contribution in [0.4, 0.5) is 0 Å². The summed E-state index contributed by atoms with van der Waals surface area (Å²) in [6, 6.07) is 0. The molecule has 42 valence electrons. The first-order chi connectivity index (χ1) is 3.29. The Morgan fingerprint density at radius 1 is 1.71 bits per heavy atom. The lowest BCUT2D eigenvalue weighted by Gasteiger charge is -1.96. The smallest absolute Gasteiger partial charge is 0.00839 e. The van der Waals surface area contributed by atoms with Crippen LogP contribution in [0.3, 0.4) is 0 Å². The van der Waals surface area contributed by atoms with Gasteiger partial charge in [0.2, 0.25) is 0 Å². The highest BCUT2D eigenvalue weighted by Gasteiger charge is 2.21. The largest absolute Gasteiger partial charge is 0.0829 e. The number of hydrogen-bond donors (Lipinski definition) is 0. The fourth-order valence-electron chi connectivity index (χ4n) is 0.813. The van der Waals surface area contributed by atoms with Gasteiger partial charge in [0, 0.05) is 3.92 Å². The molecule has 0 aromatic rings. The van der Waals surface area contributed by atoms with E-state index in [0.29, 0.717) is 0 Å². The van der Waals surface area contributed by atoms with Crippen molar-refractivity contribution in [3.05, 3.63) is 0 Å². The molecule has 0 spiro atoms. The lowest BCUT2D eigenvalue weighted by atomic mass is 10.2. The third-order valence-electron chi connectivity index (χ3n) is 1.36. The van der Waals surface area contributed by atoms with Crippen LogP contribution in [0.15, 0.2) is 0 Å². The van der Waals surface area contributed by atoms with E-state index in [9.17, 15) is 0 Å². The topological polar surface area (TPSA) is 0 Å². The van der Waals surface area contributed by atoms with Crippen LogP contribution in [0.5, 0.6) is 0 Å². The minimum absolute atomic E-state index is 0.907. The molecule has 1 atom stereocenters. The Morgan fingerprint density at radius 3 is 2.43 bits per heavy atom. The van der Waals surface area contributed by atoms with E-state index in [1.807, 2.05) is 0 Å². The molecule has 0 bridgehead atoms. The van der Waals surface area contributed by atoms with Crippen molar-refractivity contribution in [2.24, 2.45) is 5.92 Å². The van der Waals surface area contributed by atoms with Gasteiger partial charge in [-0.05, 0) is 12.3 Å². The van der Waals surface area contributed by atoms with Crippen LogP contribution in [0.25, 0.3) is 0 Å². The van der Waals surface area contributed by atoms with Gasteiger partial charge in [0.05, 0.1) is 0 Å². The van der Waals surface area contributed by atoms with Crippen molar-refractivity contribution in [1.29, 1.82) is 0 Å². The average molecular weight is 210 g/mol. The highest BCUT2D eigenvalue weighted by atomic mass is 127. The summed E-state index contributed by atoms with van der Waals surface area (Å²) in [5.41, 5.74) is 0. The average Bonchev–Trinajstić information content (AvgIpc) is 2.17. The molecule has 0 amide bonds. The van der Waals surface area contributed by atoms with Crippen LogP contribution < -0.4 is 0 Å². The minimum Gasteiger partial charge on any atom is -0.0829 e. The van der Waals surface area contributed by atoms with E-state index in [1.165, 1.54) is 19.3 Å². The van der Waals surface area contributed by atoms with Crippen molar-refractivity contribution >= 4 is 22.6 Å². The molecule has 1 saturated carbocycles. The normalized spacial score (nSPS) is 24.9. The summed E-state index contributed by atoms with van der Waals surface area (Å²) in [7, 11) is 0. The van der Waals surface area contributed by atoms with Crippen LogP contribution in [0.2, 0.25) is 0 Å². The molecule has 1 aliphatic carbocycles. The van der Waals surface area contributed by atoms with E-state index in [4.69, 9.17) is 0 Å². The van der Waals surface area contributed by atoms with E-state index >= 15 is 0 Å². The second-order valence-corrected chi connectivity index (χ2v) is 4.59. The number of halogens is 1. The summed E-state index contributed by atoms with van der Waals surface area (Å²) >= 11 is 2.50. The summed E-state index contributed by atoms with van der Waals surface area (Å²) < 4.78 is 0.907. The number of hydrogen-bond acceptors (Lipinski definition) is 0. The van der Waals surface area contributed by atoms with Gasteiger partial charge in [0.1, 0.15) is 0 Å². The monoisotopic (exact) mass is 210 g/mol. The molecule has 1 heteroatoms. The molecule has 1 rings (SSSR count). The highest BCUT2D eigenvalue weighted by molar-refractivity contribution is 14.1. The maximum absolute atomic E-state index is 2.50. The van der Waals surface area contributed by atoms with Crippen molar-refractivity contribution in [2.45, 2.75) is 30.1 Å². The number of alkyl halides is 1. The maximum atomic E-state index is 2.50. The summed E-state index contributed by atoms with van der Waals surface area (Å²) in [6.07, 6.45) is 4.47. The first-order valence-electron chi connectivity index (χ1n) is 2.93. The molecule has 0 aromatic heterocycles. The SMILES string of the molecule is C[C@@H](I)CC1CC1. The van der Waals surface area contributed by atoms with Gasteiger partial charge in [0.25, 0.3) is 0 Å². The first kappa shape index (κ1) is 5.86. The van der Waals surface area contributed by atoms with E-state index < -0.39 is 0 Å². The first-order valence-corrected chi connectivity index (χ1v) is 4.17. The zero-order valence-corrected chi connectivity index (χ0v) is 6.81. The molecule has 0 heterocycles. The highest BCUT2D eigenvalue weighted by Crippen LogP contribution is 2.34. The molecule has 1 aliphatic rings. The van der Waals surface area contributed by atoms with Crippen molar-refractivity contribution < 1.29 is 0 Å². The molecule has 7 heavy (non-hydrogen) atoms. The van der Waals surface area contributed by atoms with Gasteiger partial charge in [0.15, 0.2) is 0 Å². The van der Waals surface area contributed by atoms with Gasteiger partial charge in [-0.15, -0.1) is 0 Å². The second kappa shape index (κ2) is 2.33. The lowest BCUT2D eigenvalue weighted by Crippen LogP contribution is -1.88. The van der Waals surface area contributed by atoms with Crippen LogP contribution >= 0.6 is 22.6 Å². The predicted octanol–water partition coefficient (Wildman–Crippen LogP) is 2.61. The molecule has 0 radical (unpaired) electrons. The maximum Gasteiger partial charge on any atom is 0.00839 e. The van der Waals surface area contributed by atoms with Gasteiger partial charge in [-0.1, -0.05) is 42.4 Å². The van der Waals surface area contributed by atoms with Gasteiger partial charge in [-0.25, -0.2) is 0 Å². The Morgan fingerprint density at radius 2 is 2.29 bits per heavy atom. The third-order valence-corrected chi connectivity index (χ3v) is 1.86. The Kier molecular flexibility index (Phi) is 1.95. The van der Waals surface area contributed by atoms with Gasteiger partial charge in [-0.2, -0.15) is 0 Å². The van der Waals surface area contributed by atoms with E-state index in [0.717, 1.165) is 9.84 Å². The van der Waals surface area contributed by atoms with Crippen LogP contribution in [0.1, 0.15) is 26.2 Å². The molecule has 0 saturated heterocycles. The van der Waals surface area contributed by atoms with Crippen molar-refractivity contribution in [2.75, 3.05) is 0 Å². The van der Waals surface area contributed by atoms with Crippen molar-refractivity contribution in [3.63, 3.8) is 0 Å². The minimum atomic E-state index is 0.907. The van der Waals surface area contributed by atoms with Crippen LogP contribution in [-0.4, -0.2) is 3.92 Å². The predicted molar refractivity (Wildman–Crippen MR) is 40.8 cm³/mol. The fourth-order valence-corrected chi connectivity index (χ4v) is 1.53. The molecule has 0 aliphatic heterocycles. The molecular formula is C6H11I. The Bertz CT molecular complexity index is 55.2. The van der Waals surface area contributed by atoms with Crippen molar-refractivity contribution in [3.8, 4) is 0 Å². The van der Waals surface area contributed by atoms with Gasteiger partial charge < -0.3 is 0 Å². The Labute approximate surface area is 58.8 Å². The molecular weight excluding hydrogens is 199 g/mol. The summed E-state index contributed by atoms with van der Waals surface area (Å²) in [5, 5.41) is 0. The zero-order chi connectivity index (χ0) is 5.28. The lowest BCUT2D eigenvalue weighted by molar-refractivity contribution is 0.737. The van der Waals surface area contributed by atoms with Crippen LogP contribution in [-0.2, 0) is 0 Å². The Hall–Kier alpha value is 0.730. The molecule has 0 unspecified atom stereocenters.